The average Bonchev–Trinajstić information content (AvgIpc) is 1.10. The molecule has 6 aromatic carbocycles. The summed E-state index contributed by atoms with van der Waals surface area (Å²) in [6.07, 6.45) is 3.14. The standard InChI is InChI=1S/C20H32N2O.C19H30N2O.C16H23N3.C16H26N2O.C15H24N2.C13H20N2.C7H14N2O.C5H11N3O2/c1-12(2)22-16(6)21-11-18-13(3)14(4)19-17(15(18)5)9-10-20(7,8)23-19;1-11(2)21-15(6)20-10-17-12(3)13(4)18-16(14(17)5)9-19(7,8)22-18;1-11(2)18-13(4)17-10-16-12(3)14-8-6-7-9-15(14)19(16)5;1-10(2)18-14(6)17-9-15-11(3)8-16(19-7)13(5)12(15)4;1-10(2)17-14(6)16-9-15-12(4)7-11(3)8-13(15)5;1-10(2)15-12(4)14-9-13-7-5-11(3)6-8-13;1-5(2)8-6(3)9-7(4)10;1-4(2)6-5(3)7-8(9)10/h12,21-22H,6,9-11H2,1-5,7-8H3;11,20-21H,6,9-10H2,1-5,7-8H3;6-9,11,17-18H,4,10H2,1-3,5H3;8,10,17-18H,6,9H2,1-5,7H3;7-8,10,16-17H,6,9H2,1-5H3;5-8,10,14-15H,4,9H2,1-3H3;5,8H,3H2,1-2,4H3,(H,9,10);4,6-7H,3H2,1-2H3. The Bertz CT molecular complexity index is 5000. The first-order chi connectivity index (χ1) is 62.6. The molecule has 9 rings (SSSR count). The number of carbonyl (C=O) groups excluding carboxylic acids is 1. The van der Waals surface area contributed by atoms with Crippen LogP contribution in [0.2, 0.25) is 0 Å². The summed E-state index contributed by atoms with van der Waals surface area (Å²) in [7, 11) is 3.83. The number of ether oxygens (including phenoxy) is 3. The Hall–Kier alpha value is -12.0. The first-order valence-electron chi connectivity index (χ1n) is 47.8. The molecule has 24 heteroatoms. The predicted octanol–water partition coefficient (Wildman–Crippen LogP) is 20.9. The summed E-state index contributed by atoms with van der Waals surface area (Å²) in [5, 5.41) is 58.3. The number of hydrogen-bond donors (Lipinski definition) is 16. The van der Waals surface area contributed by atoms with E-state index in [4.69, 9.17) is 14.2 Å². The van der Waals surface area contributed by atoms with Gasteiger partial charge < -0.3 is 98.5 Å². The molecule has 7 aromatic rings. The lowest BCUT2D eigenvalue weighted by Crippen LogP contribution is -2.34. The van der Waals surface area contributed by atoms with Crippen LogP contribution in [0.4, 0.5) is 0 Å². The first-order valence-corrected chi connectivity index (χ1v) is 47.8. The summed E-state index contributed by atoms with van der Waals surface area (Å²) in [5.41, 5.74) is 32.0. The second-order valence-electron chi connectivity index (χ2n) is 39.2. The second-order valence-corrected chi connectivity index (χ2v) is 39.2. The number of benzene rings is 6. The normalized spacial score (nSPS) is 12.0. The molecule has 2 aliphatic rings. The molecule has 0 fully saturated rings. The summed E-state index contributed by atoms with van der Waals surface area (Å²) in [6.45, 7) is 109. The predicted molar refractivity (Wildman–Crippen MR) is 574 cm³/mol. The van der Waals surface area contributed by atoms with Gasteiger partial charge in [0, 0.05) is 124 Å². The van der Waals surface area contributed by atoms with Crippen molar-refractivity contribution < 1.29 is 24.0 Å². The lowest BCUT2D eigenvalue weighted by molar-refractivity contribution is -0.536. The van der Waals surface area contributed by atoms with Gasteiger partial charge >= 0.3 is 0 Å². The molecule has 16 N–H and O–H groups in total. The number of hydrazine groups is 1. The summed E-state index contributed by atoms with van der Waals surface area (Å²) in [6, 6.07) is 26.4. The molecule has 135 heavy (non-hydrogen) atoms. The van der Waals surface area contributed by atoms with Crippen molar-refractivity contribution in [1.29, 1.82) is 0 Å². The van der Waals surface area contributed by atoms with Gasteiger partial charge in [-0.15, -0.1) is 0 Å². The molecule has 0 spiro atoms. The van der Waals surface area contributed by atoms with Crippen molar-refractivity contribution >= 4 is 16.8 Å². The van der Waals surface area contributed by atoms with Crippen LogP contribution in [0.25, 0.3) is 10.9 Å². The molecule has 0 bridgehead atoms. The van der Waals surface area contributed by atoms with E-state index < -0.39 is 5.03 Å². The maximum absolute atomic E-state index is 10.4. The number of nitrogens with zero attached hydrogens (tertiary/aromatic N) is 2. The summed E-state index contributed by atoms with van der Waals surface area (Å²) < 4.78 is 20.1. The largest absolute Gasteiger partial charge is 0.496 e. The first kappa shape index (κ1) is 119. The Labute approximate surface area is 816 Å². The molecule has 0 radical (unpaired) electrons. The van der Waals surface area contributed by atoms with E-state index in [1.807, 2.05) is 33.1 Å². The smallest absolute Gasteiger partial charge is 0.222 e. The molecule has 24 nitrogen and oxygen atoms in total. The van der Waals surface area contributed by atoms with Gasteiger partial charge in [0.1, 0.15) is 28.5 Å². The van der Waals surface area contributed by atoms with Crippen molar-refractivity contribution in [1.82, 2.24) is 89.7 Å². The van der Waals surface area contributed by atoms with Gasteiger partial charge in [0.25, 0.3) is 0 Å². The SMILES string of the molecule is C=C(NC(C)=O)NC(C)C.C=C(NC(C)C)N[N+](=O)[O-].C=C(NCc1c(C)c(C)c2c(c1C)CC(C)(C)O2)NC(C)C.C=C(NCc1c(C)c(C)c2c(c1C)CCC(C)(C)O2)NC(C)C.C=C(NCc1c(C)c2ccccc2n1C)NC(C)C.C=C(NCc1c(C)cc(C)cc1C)NC(C)C.C=C(NCc1c(C)cc(OC)c(C)c1C)NC(C)C.C=C(NCc1ccc(C)cc1)NC(C)C. The van der Waals surface area contributed by atoms with E-state index in [9.17, 15) is 14.9 Å². The molecule has 0 saturated heterocycles. The van der Waals surface area contributed by atoms with Crippen LogP contribution >= 0.6 is 0 Å². The van der Waals surface area contributed by atoms with Gasteiger partial charge in [-0.3, -0.25) is 4.79 Å². The molecular formula is C111H180N18O6. The number of nitro groups is 1. The molecule has 0 atom stereocenters. The van der Waals surface area contributed by atoms with Crippen LogP contribution in [0, 0.1) is 107 Å². The number of methoxy groups -OCH3 is 1. The zero-order valence-corrected chi connectivity index (χ0v) is 90.3. The van der Waals surface area contributed by atoms with Gasteiger partial charge in [0.05, 0.1) is 54.4 Å². The molecule has 3 heterocycles. The molecule has 0 unspecified atom stereocenters. The lowest BCUT2D eigenvalue weighted by atomic mass is 9.85. The average molecular weight is 1860 g/mol. The number of amides is 1. The third-order valence-electron chi connectivity index (χ3n) is 22.4. The van der Waals surface area contributed by atoms with E-state index in [0.717, 1.165) is 111 Å². The number of hydrogen-bond acceptors (Lipinski definition) is 20. The van der Waals surface area contributed by atoms with Crippen molar-refractivity contribution in [2.45, 2.75) is 360 Å². The van der Waals surface area contributed by atoms with Gasteiger partial charge in [0.15, 0.2) is 10.9 Å². The Morgan fingerprint density at radius 1 is 0.415 bits per heavy atom. The topological polar surface area (TPSA) is 285 Å². The minimum absolute atomic E-state index is 0.0636. The highest BCUT2D eigenvalue weighted by Crippen LogP contribution is 2.44. The second kappa shape index (κ2) is 57.1. The fourth-order valence-corrected chi connectivity index (χ4v) is 15.7. The van der Waals surface area contributed by atoms with Gasteiger partial charge in [0.2, 0.25) is 5.91 Å². The van der Waals surface area contributed by atoms with E-state index in [0.29, 0.717) is 48.1 Å². The summed E-state index contributed by atoms with van der Waals surface area (Å²) in [4.78, 5) is 20.2. The fourth-order valence-electron chi connectivity index (χ4n) is 15.7. The highest BCUT2D eigenvalue weighted by molar-refractivity contribution is 5.85. The Kier molecular flexibility index (Phi) is 50.3. The van der Waals surface area contributed by atoms with E-state index in [2.05, 4.69) is 418 Å². The van der Waals surface area contributed by atoms with Crippen molar-refractivity contribution in [2.24, 2.45) is 7.05 Å². The number of fused-ring (bicyclic) bond motifs is 3. The summed E-state index contributed by atoms with van der Waals surface area (Å²) in [5.74, 6) is 9.10. The number of carbonyl (C=O) groups is 1. The molecular weight excluding hydrogens is 1680 g/mol. The van der Waals surface area contributed by atoms with Gasteiger partial charge in [-0.1, -0.05) is 124 Å². The van der Waals surface area contributed by atoms with Crippen LogP contribution in [-0.2, 0) is 64.0 Å². The third kappa shape index (κ3) is 43.1. The minimum atomic E-state index is -0.655. The van der Waals surface area contributed by atoms with Crippen LogP contribution in [0.5, 0.6) is 17.2 Å². The van der Waals surface area contributed by atoms with Crippen molar-refractivity contribution in [3.63, 3.8) is 0 Å². The van der Waals surface area contributed by atoms with Gasteiger partial charge in [-0.2, -0.15) is 0 Å². The minimum Gasteiger partial charge on any atom is -0.496 e. The Balaban J connectivity index is 0.000000529. The van der Waals surface area contributed by atoms with E-state index >= 15 is 0 Å². The van der Waals surface area contributed by atoms with Crippen LogP contribution in [0.15, 0.2) is 166 Å². The number of aromatic nitrogens is 1. The summed E-state index contributed by atoms with van der Waals surface area (Å²) >= 11 is 0. The Morgan fingerprint density at radius 2 is 0.763 bits per heavy atom. The van der Waals surface area contributed by atoms with E-state index in [1.54, 1.807) is 7.11 Å². The maximum atomic E-state index is 10.4. The van der Waals surface area contributed by atoms with E-state index in [-0.39, 0.29) is 29.0 Å². The zero-order chi connectivity index (χ0) is 103. The van der Waals surface area contributed by atoms with Crippen LogP contribution in [-0.4, -0.2) is 82.2 Å². The maximum Gasteiger partial charge on any atom is 0.222 e. The highest BCUT2D eigenvalue weighted by Gasteiger charge is 2.35. The van der Waals surface area contributed by atoms with E-state index in [1.165, 1.54) is 140 Å². The number of aryl methyl sites for hydroxylation is 7. The quantitative estimate of drug-likeness (QED) is 0.0126. The molecule has 0 saturated carbocycles. The van der Waals surface area contributed by atoms with Crippen LogP contribution in [0.3, 0.4) is 0 Å². The van der Waals surface area contributed by atoms with Crippen molar-refractivity contribution in [3.05, 3.63) is 299 Å². The highest BCUT2D eigenvalue weighted by atomic mass is 16.7. The number of rotatable bonds is 38. The lowest BCUT2D eigenvalue weighted by Gasteiger charge is -2.36. The molecule has 1 aromatic heterocycles. The van der Waals surface area contributed by atoms with Gasteiger partial charge in [-0.05, 0) is 361 Å². The molecule has 750 valence electrons. The van der Waals surface area contributed by atoms with Crippen LogP contribution in [0.1, 0.15) is 274 Å². The zero-order valence-electron chi connectivity index (χ0n) is 90.3. The fraction of sp³-hybridized carbons (Fsp3) is 0.505. The molecule has 2 aliphatic heterocycles. The number of para-hydroxylation sites is 1. The Morgan fingerprint density at radius 3 is 1.16 bits per heavy atom. The molecule has 1 amide bonds. The number of nitrogens with one attached hydrogen (secondary N) is 16. The van der Waals surface area contributed by atoms with Crippen molar-refractivity contribution in [3.8, 4) is 17.2 Å². The van der Waals surface area contributed by atoms with Gasteiger partial charge in [-0.25, -0.2) is 10.1 Å². The molecule has 0 aliphatic carbocycles. The van der Waals surface area contributed by atoms with Crippen LogP contribution < -0.4 is 99.4 Å². The monoisotopic (exact) mass is 1860 g/mol. The third-order valence-corrected chi connectivity index (χ3v) is 22.4. The van der Waals surface area contributed by atoms with Crippen molar-refractivity contribution in [2.75, 3.05) is 7.11 Å².